The minimum Gasteiger partial charge on any atom is -0.755 e. The summed E-state index contributed by atoms with van der Waals surface area (Å²) >= 11 is -1.57. The average molecular weight is 522 g/mol. The molecule has 0 fully saturated rings. The second-order valence-corrected chi connectivity index (χ2v) is 11.1. The molecule has 2 atom stereocenters. The fraction of sp³-hybridized carbons (Fsp3) is 0.609. The molecule has 0 spiro atoms. The van der Waals surface area contributed by atoms with E-state index in [1.54, 1.807) is 20.8 Å². The third-order valence-electron chi connectivity index (χ3n) is 5.59. The molecule has 0 aliphatic carbocycles. The Morgan fingerprint density at radius 2 is 2.06 bits per heavy atom. The van der Waals surface area contributed by atoms with E-state index in [0.717, 1.165) is 67.7 Å². The van der Waals surface area contributed by atoms with Gasteiger partial charge in [-0.1, -0.05) is 38.0 Å². The summed E-state index contributed by atoms with van der Waals surface area (Å²) in [7, 11) is 0. The SMILES string of the molecule is CCCCCN1c2cc(NS(=O)[O-])c(N=Nc3nnc(C(=O)OC(C)(C)C)s3)cc2CCC1CC. The molecule has 0 saturated carbocycles. The highest BCUT2D eigenvalue weighted by Gasteiger charge is 2.26. The summed E-state index contributed by atoms with van der Waals surface area (Å²) in [5.41, 5.74) is 2.22. The first-order valence-corrected chi connectivity index (χ1v) is 13.8. The highest BCUT2D eigenvalue weighted by Crippen LogP contribution is 2.40. The van der Waals surface area contributed by atoms with Gasteiger partial charge in [0.05, 0.1) is 5.69 Å². The number of unbranched alkanes of at least 4 members (excludes halogenated alkanes) is 2. The average Bonchev–Trinajstić information content (AvgIpc) is 3.26. The zero-order valence-corrected chi connectivity index (χ0v) is 22.5. The van der Waals surface area contributed by atoms with Crippen LogP contribution in [-0.4, -0.2) is 43.1 Å². The molecule has 0 saturated heterocycles. The lowest BCUT2D eigenvalue weighted by Gasteiger charge is -2.39. The monoisotopic (exact) mass is 521 g/mol. The minimum absolute atomic E-state index is 0.0756. The van der Waals surface area contributed by atoms with Crippen molar-refractivity contribution in [2.24, 2.45) is 10.2 Å². The third-order valence-corrected chi connectivity index (χ3v) is 6.77. The number of ether oxygens (including phenoxy) is 1. The van der Waals surface area contributed by atoms with Crippen LogP contribution in [0.5, 0.6) is 0 Å². The zero-order valence-electron chi connectivity index (χ0n) is 20.9. The maximum absolute atomic E-state index is 12.2. The van der Waals surface area contributed by atoms with Crippen molar-refractivity contribution < 1.29 is 18.3 Å². The molecule has 1 aliphatic rings. The van der Waals surface area contributed by atoms with Gasteiger partial charge in [-0.25, -0.2) is 4.79 Å². The van der Waals surface area contributed by atoms with Gasteiger partial charge in [0.2, 0.25) is 5.01 Å². The van der Waals surface area contributed by atoms with E-state index in [-0.39, 0.29) is 10.1 Å². The van der Waals surface area contributed by atoms with Crippen LogP contribution in [0.1, 0.15) is 82.1 Å². The standard InChI is InChI=1S/C23H34N6O4S2/c1-6-8-9-12-29-16(7-2)11-10-15-13-17(18(14-19(15)29)28-35(31)32)24-26-22-27-25-20(34-22)21(30)33-23(3,4)5/h13-14,16,28H,6-12H2,1-5H3,(H,31,32)/p-1. The Bertz CT molecular complexity index is 1080. The van der Waals surface area contributed by atoms with Crippen LogP contribution >= 0.6 is 11.3 Å². The molecular weight excluding hydrogens is 488 g/mol. The van der Waals surface area contributed by atoms with Gasteiger partial charge in [-0.15, -0.1) is 20.4 Å². The number of aryl methyl sites for hydroxylation is 1. The number of fused-ring (bicyclic) bond motifs is 1. The quantitative estimate of drug-likeness (QED) is 0.180. The molecular formula is C23H33N6O4S2-. The van der Waals surface area contributed by atoms with Gasteiger partial charge in [0.15, 0.2) is 0 Å². The van der Waals surface area contributed by atoms with Gasteiger partial charge in [0.1, 0.15) is 11.3 Å². The Kier molecular flexibility index (Phi) is 9.31. The van der Waals surface area contributed by atoms with Gasteiger partial charge in [-0.3, -0.25) is 4.21 Å². The maximum Gasteiger partial charge on any atom is 0.370 e. The largest absolute Gasteiger partial charge is 0.755 e. The summed E-state index contributed by atoms with van der Waals surface area (Å²) < 4.78 is 30.8. The normalized spacial score (nSPS) is 16.9. The zero-order chi connectivity index (χ0) is 25.6. The van der Waals surface area contributed by atoms with Crippen molar-refractivity contribution in [2.45, 2.75) is 84.8 Å². The van der Waals surface area contributed by atoms with Crippen LogP contribution in [0.4, 0.5) is 22.2 Å². The molecule has 12 heteroatoms. The molecule has 2 aromatic rings. The summed E-state index contributed by atoms with van der Waals surface area (Å²) in [6.07, 6.45) is 6.31. The first-order valence-electron chi connectivity index (χ1n) is 11.9. The van der Waals surface area contributed by atoms with Crippen LogP contribution < -0.4 is 9.62 Å². The predicted molar refractivity (Wildman–Crippen MR) is 138 cm³/mol. The molecule has 2 heterocycles. The van der Waals surface area contributed by atoms with E-state index in [4.69, 9.17) is 4.74 Å². The molecule has 0 amide bonds. The number of benzene rings is 1. The van der Waals surface area contributed by atoms with E-state index in [1.165, 1.54) is 0 Å². The van der Waals surface area contributed by atoms with Crippen LogP contribution in [0.25, 0.3) is 0 Å². The van der Waals surface area contributed by atoms with Gasteiger partial charge in [-0.2, -0.15) is 0 Å². The van der Waals surface area contributed by atoms with Crippen LogP contribution in [0.2, 0.25) is 0 Å². The number of hydrogen-bond donors (Lipinski definition) is 1. The van der Waals surface area contributed by atoms with Crippen LogP contribution in [0.15, 0.2) is 22.4 Å². The first kappa shape index (κ1) is 27.2. The van der Waals surface area contributed by atoms with Crippen molar-refractivity contribution in [3.63, 3.8) is 0 Å². The van der Waals surface area contributed by atoms with Crippen molar-refractivity contribution in [3.8, 4) is 0 Å². The molecule has 10 nitrogen and oxygen atoms in total. The van der Waals surface area contributed by atoms with E-state index >= 15 is 0 Å². The maximum atomic E-state index is 12.2. The lowest BCUT2D eigenvalue weighted by molar-refractivity contribution is 0.00683. The highest BCUT2D eigenvalue weighted by molar-refractivity contribution is 7.80. The Morgan fingerprint density at radius 3 is 2.71 bits per heavy atom. The molecule has 3 rings (SSSR count). The van der Waals surface area contributed by atoms with Crippen molar-refractivity contribution >= 4 is 50.8 Å². The summed E-state index contributed by atoms with van der Waals surface area (Å²) in [6.45, 7) is 10.6. The van der Waals surface area contributed by atoms with Crippen molar-refractivity contribution in [3.05, 3.63) is 22.7 Å². The number of nitrogens with one attached hydrogen (secondary N) is 1. The number of esters is 1. The lowest BCUT2D eigenvalue weighted by atomic mass is 9.93. The number of azo groups is 1. The molecule has 35 heavy (non-hydrogen) atoms. The molecule has 0 radical (unpaired) electrons. The van der Waals surface area contributed by atoms with Crippen molar-refractivity contribution in [2.75, 3.05) is 16.2 Å². The van der Waals surface area contributed by atoms with E-state index in [2.05, 4.69) is 43.9 Å². The number of anilines is 2. The Morgan fingerprint density at radius 1 is 1.29 bits per heavy atom. The summed E-state index contributed by atoms with van der Waals surface area (Å²) in [5.74, 6) is -0.581. The number of aromatic nitrogens is 2. The topological polar surface area (TPSA) is 132 Å². The molecule has 1 aromatic carbocycles. The molecule has 1 aliphatic heterocycles. The van der Waals surface area contributed by atoms with Gasteiger partial charge in [-0.05, 0) is 64.2 Å². The predicted octanol–water partition coefficient (Wildman–Crippen LogP) is 5.84. The van der Waals surface area contributed by atoms with Crippen molar-refractivity contribution in [1.29, 1.82) is 0 Å². The smallest absolute Gasteiger partial charge is 0.370 e. The van der Waals surface area contributed by atoms with E-state index in [1.807, 2.05) is 12.1 Å². The molecule has 1 N–H and O–H groups in total. The van der Waals surface area contributed by atoms with Gasteiger partial charge in [0, 0.05) is 29.5 Å². The third kappa shape index (κ3) is 7.52. The van der Waals surface area contributed by atoms with E-state index in [0.29, 0.717) is 17.4 Å². The Balaban J connectivity index is 1.89. The highest BCUT2D eigenvalue weighted by atomic mass is 32.2. The summed E-state index contributed by atoms with van der Waals surface area (Å²) in [4.78, 5) is 14.6. The number of hydrogen-bond acceptors (Lipinski definition) is 10. The van der Waals surface area contributed by atoms with Gasteiger partial charge < -0.3 is 18.9 Å². The Hall–Kier alpha value is -2.44. The van der Waals surface area contributed by atoms with Gasteiger partial charge in [0.25, 0.3) is 5.13 Å². The Labute approximate surface area is 213 Å². The van der Waals surface area contributed by atoms with E-state index < -0.39 is 22.8 Å². The fourth-order valence-corrected chi connectivity index (χ4v) is 4.92. The minimum atomic E-state index is -2.52. The van der Waals surface area contributed by atoms with Crippen LogP contribution in [0.3, 0.4) is 0 Å². The van der Waals surface area contributed by atoms with Gasteiger partial charge >= 0.3 is 5.97 Å². The van der Waals surface area contributed by atoms with Crippen LogP contribution in [0, 0.1) is 0 Å². The number of rotatable bonds is 10. The van der Waals surface area contributed by atoms with Crippen molar-refractivity contribution in [1.82, 2.24) is 10.2 Å². The second-order valence-electron chi connectivity index (χ2n) is 9.43. The number of nitrogens with zero attached hydrogens (tertiary/aromatic N) is 5. The number of carbonyl (C=O) groups is 1. The molecule has 192 valence electrons. The fourth-order valence-electron chi connectivity index (χ4n) is 4.03. The lowest BCUT2D eigenvalue weighted by Crippen LogP contribution is -2.39. The molecule has 0 bridgehead atoms. The summed E-state index contributed by atoms with van der Waals surface area (Å²) in [6, 6.07) is 4.15. The second kappa shape index (κ2) is 12.0. The van der Waals surface area contributed by atoms with Crippen LogP contribution in [-0.2, 0) is 22.4 Å². The first-order chi connectivity index (χ1) is 16.6. The molecule has 2 unspecified atom stereocenters. The molecule has 1 aromatic heterocycles. The number of carbonyl (C=O) groups excluding carboxylic acids is 1. The van der Waals surface area contributed by atoms with E-state index in [9.17, 15) is 13.6 Å². The summed E-state index contributed by atoms with van der Waals surface area (Å²) in [5, 5.41) is 16.3.